The zero-order valence-corrected chi connectivity index (χ0v) is 14.4. The second-order valence-corrected chi connectivity index (χ2v) is 6.53. The van der Waals surface area contributed by atoms with E-state index in [4.69, 9.17) is 4.42 Å². The highest BCUT2D eigenvalue weighted by molar-refractivity contribution is 5.90. The number of hydrogen-bond donors (Lipinski definition) is 1. The van der Waals surface area contributed by atoms with Crippen molar-refractivity contribution < 1.29 is 14.0 Å². The number of amides is 2. The van der Waals surface area contributed by atoms with Crippen LogP contribution >= 0.6 is 0 Å². The lowest BCUT2D eigenvalue weighted by Gasteiger charge is -2.28. The molecule has 2 aromatic rings. The molecule has 0 unspecified atom stereocenters. The summed E-state index contributed by atoms with van der Waals surface area (Å²) in [5, 5.41) is 3.01. The molecule has 132 valence electrons. The van der Waals surface area contributed by atoms with E-state index in [0.29, 0.717) is 5.92 Å². The Hall–Kier alpha value is -2.63. The normalized spacial score (nSPS) is 20.2. The quantitative estimate of drug-likeness (QED) is 0.848. The molecular weight excluding hydrogens is 318 g/mol. The third kappa shape index (κ3) is 4.07. The van der Waals surface area contributed by atoms with Crippen molar-refractivity contribution in [2.24, 2.45) is 0 Å². The summed E-state index contributed by atoms with van der Waals surface area (Å²) in [6.07, 6.45) is 4.83. The highest BCUT2D eigenvalue weighted by atomic mass is 16.3. The molecule has 2 amide bonds. The maximum atomic E-state index is 12.0. The van der Waals surface area contributed by atoms with Gasteiger partial charge in [0.05, 0.1) is 6.54 Å². The number of carbonyl (C=O) groups excluding carboxylic acids is 2. The van der Waals surface area contributed by atoms with Crippen LogP contribution in [0.2, 0.25) is 0 Å². The van der Waals surface area contributed by atoms with Gasteiger partial charge in [0, 0.05) is 19.0 Å². The Morgan fingerprint density at radius 3 is 2.72 bits per heavy atom. The van der Waals surface area contributed by atoms with Gasteiger partial charge in [0.15, 0.2) is 11.5 Å². The van der Waals surface area contributed by atoms with Crippen molar-refractivity contribution in [2.45, 2.75) is 37.6 Å². The van der Waals surface area contributed by atoms with Gasteiger partial charge in [-0.15, -0.1) is 0 Å². The Labute approximate surface area is 146 Å². The van der Waals surface area contributed by atoms with E-state index in [0.717, 1.165) is 42.7 Å². The number of carbonyl (C=O) groups is 2. The maximum Gasteiger partial charge on any atom is 0.246 e. The maximum absolute atomic E-state index is 12.0. The Morgan fingerprint density at radius 1 is 1.32 bits per heavy atom. The van der Waals surface area contributed by atoms with Crippen LogP contribution in [-0.4, -0.2) is 41.3 Å². The predicted octanol–water partition coefficient (Wildman–Crippen LogP) is 2.61. The van der Waals surface area contributed by atoms with E-state index in [1.807, 2.05) is 24.3 Å². The third-order valence-corrected chi connectivity index (χ3v) is 4.68. The van der Waals surface area contributed by atoms with Crippen LogP contribution in [0.1, 0.15) is 37.5 Å². The zero-order chi connectivity index (χ0) is 17.8. The number of benzene rings is 1. The number of hydrogen-bond acceptors (Lipinski definition) is 4. The molecule has 0 radical (unpaired) electrons. The minimum absolute atomic E-state index is 0.0515. The van der Waals surface area contributed by atoms with E-state index in [2.05, 4.69) is 16.9 Å². The number of para-hydroxylation sites is 2. The van der Waals surface area contributed by atoms with Crippen molar-refractivity contribution in [3.05, 3.63) is 42.8 Å². The predicted molar refractivity (Wildman–Crippen MR) is 95.0 cm³/mol. The molecule has 1 aliphatic rings. The second kappa shape index (κ2) is 7.51. The summed E-state index contributed by atoms with van der Waals surface area (Å²) < 4.78 is 5.86. The van der Waals surface area contributed by atoms with Gasteiger partial charge in [0.1, 0.15) is 5.52 Å². The molecule has 1 fully saturated rings. The van der Waals surface area contributed by atoms with Crippen LogP contribution in [-0.2, 0) is 9.59 Å². The van der Waals surface area contributed by atoms with E-state index in [1.54, 1.807) is 7.05 Å². The molecule has 1 N–H and O–H groups in total. The lowest BCUT2D eigenvalue weighted by Crippen LogP contribution is -2.43. The fourth-order valence-corrected chi connectivity index (χ4v) is 3.27. The van der Waals surface area contributed by atoms with Crippen LogP contribution in [0.15, 0.2) is 41.3 Å². The Balaban J connectivity index is 1.50. The molecule has 0 spiro atoms. The molecule has 0 saturated heterocycles. The van der Waals surface area contributed by atoms with Gasteiger partial charge >= 0.3 is 0 Å². The van der Waals surface area contributed by atoms with Gasteiger partial charge in [0.25, 0.3) is 0 Å². The summed E-state index contributed by atoms with van der Waals surface area (Å²) in [6, 6.07) is 7.92. The molecule has 0 bridgehead atoms. The van der Waals surface area contributed by atoms with Crippen molar-refractivity contribution in [1.29, 1.82) is 0 Å². The van der Waals surface area contributed by atoms with Gasteiger partial charge in [-0.2, -0.15) is 0 Å². The van der Waals surface area contributed by atoms with E-state index < -0.39 is 0 Å². The molecule has 6 nitrogen and oxygen atoms in total. The fraction of sp³-hybridized carbons (Fsp3) is 0.421. The smallest absolute Gasteiger partial charge is 0.246 e. The Bertz CT molecular complexity index is 742. The third-order valence-electron chi connectivity index (χ3n) is 4.68. The summed E-state index contributed by atoms with van der Waals surface area (Å²) in [5.74, 6) is 0.700. The summed E-state index contributed by atoms with van der Waals surface area (Å²) in [5.41, 5.74) is 1.71. The van der Waals surface area contributed by atoms with Crippen molar-refractivity contribution in [2.75, 3.05) is 13.6 Å². The van der Waals surface area contributed by atoms with Crippen LogP contribution in [0, 0.1) is 0 Å². The summed E-state index contributed by atoms with van der Waals surface area (Å²) in [6.45, 7) is 3.47. The first-order chi connectivity index (χ1) is 12.1. The number of oxazole rings is 1. The summed E-state index contributed by atoms with van der Waals surface area (Å²) in [7, 11) is 1.59. The highest BCUT2D eigenvalue weighted by Gasteiger charge is 2.27. The van der Waals surface area contributed by atoms with Gasteiger partial charge in [-0.25, -0.2) is 4.98 Å². The minimum atomic E-state index is -0.255. The van der Waals surface area contributed by atoms with Crippen LogP contribution in [0.4, 0.5) is 0 Å². The van der Waals surface area contributed by atoms with Crippen LogP contribution in [0.25, 0.3) is 11.1 Å². The van der Waals surface area contributed by atoms with Crippen molar-refractivity contribution in [3.63, 3.8) is 0 Å². The Kier molecular flexibility index (Phi) is 5.16. The molecule has 1 heterocycles. The van der Waals surface area contributed by atoms with Crippen molar-refractivity contribution >= 4 is 22.9 Å². The molecule has 1 aliphatic carbocycles. The van der Waals surface area contributed by atoms with E-state index in [9.17, 15) is 9.59 Å². The average molecular weight is 341 g/mol. The standard InChI is InChI=1S/C19H23N3O3/c1-3-18(24)22(2)12-17(23)20-14-10-8-13(9-11-14)19-21-15-6-4-5-7-16(15)25-19/h3-7,13-14H,1,8-12H2,2H3,(H,20,23). The van der Waals surface area contributed by atoms with Crippen LogP contribution in [0.5, 0.6) is 0 Å². The number of aromatic nitrogens is 1. The van der Waals surface area contributed by atoms with Crippen molar-refractivity contribution in [1.82, 2.24) is 15.2 Å². The van der Waals surface area contributed by atoms with Gasteiger partial charge < -0.3 is 14.6 Å². The molecule has 25 heavy (non-hydrogen) atoms. The number of nitrogens with zero attached hydrogens (tertiary/aromatic N) is 2. The number of nitrogens with one attached hydrogen (secondary N) is 1. The van der Waals surface area contributed by atoms with E-state index in [1.165, 1.54) is 11.0 Å². The topological polar surface area (TPSA) is 75.4 Å². The number of fused-ring (bicyclic) bond motifs is 1. The molecule has 1 aromatic heterocycles. The zero-order valence-electron chi connectivity index (χ0n) is 14.4. The van der Waals surface area contributed by atoms with Gasteiger partial charge in [-0.3, -0.25) is 9.59 Å². The van der Waals surface area contributed by atoms with Crippen LogP contribution in [0.3, 0.4) is 0 Å². The number of likely N-dealkylation sites (N-methyl/N-ethyl adjacent to an activating group) is 1. The number of rotatable bonds is 5. The van der Waals surface area contributed by atoms with Crippen LogP contribution < -0.4 is 5.32 Å². The molecule has 1 aromatic carbocycles. The largest absolute Gasteiger partial charge is 0.440 e. The molecule has 3 rings (SSSR count). The monoisotopic (exact) mass is 341 g/mol. The summed E-state index contributed by atoms with van der Waals surface area (Å²) >= 11 is 0. The molecule has 0 aliphatic heterocycles. The molecule has 6 heteroatoms. The lowest BCUT2D eigenvalue weighted by molar-refractivity contribution is -0.131. The first-order valence-corrected chi connectivity index (χ1v) is 8.59. The van der Waals surface area contributed by atoms with E-state index >= 15 is 0 Å². The Morgan fingerprint density at radius 2 is 2.04 bits per heavy atom. The SMILES string of the molecule is C=CC(=O)N(C)CC(=O)NC1CCC(c2nc3ccccc3o2)CC1. The second-order valence-electron chi connectivity index (χ2n) is 6.53. The lowest BCUT2D eigenvalue weighted by atomic mass is 9.86. The average Bonchev–Trinajstić information content (AvgIpc) is 3.05. The molecular formula is C19H23N3O3. The minimum Gasteiger partial charge on any atom is -0.440 e. The van der Waals surface area contributed by atoms with Gasteiger partial charge in [0.2, 0.25) is 11.8 Å². The van der Waals surface area contributed by atoms with E-state index in [-0.39, 0.29) is 24.4 Å². The van der Waals surface area contributed by atoms with Gasteiger partial charge in [-0.1, -0.05) is 18.7 Å². The first-order valence-electron chi connectivity index (χ1n) is 8.59. The van der Waals surface area contributed by atoms with Gasteiger partial charge in [-0.05, 0) is 43.9 Å². The fourth-order valence-electron chi connectivity index (χ4n) is 3.27. The molecule has 0 atom stereocenters. The first kappa shape index (κ1) is 17.2. The molecule has 1 saturated carbocycles. The summed E-state index contributed by atoms with van der Waals surface area (Å²) in [4.78, 5) is 29.4. The highest BCUT2D eigenvalue weighted by Crippen LogP contribution is 2.33. The van der Waals surface area contributed by atoms with Crippen molar-refractivity contribution in [3.8, 4) is 0 Å².